The molecule has 0 aromatic rings. The summed E-state index contributed by atoms with van der Waals surface area (Å²) < 4.78 is 0. The van der Waals surface area contributed by atoms with Gasteiger partial charge in [-0.1, -0.05) is 6.42 Å². The molecule has 3 heteroatoms. The maximum Gasteiger partial charge on any atom is 1.00 e. The molecular formula is C7H10NNaO. The molecule has 1 aliphatic heterocycles. The first-order chi connectivity index (χ1) is 4.29. The summed E-state index contributed by atoms with van der Waals surface area (Å²) in [6.07, 6.45) is 3.46. The van der Waals surface area contributed by atoms with Crippen molar-refractivity contribution in [1.82, 2.24) is 5.32 Å². The molecule has 0 bridgehead atoms. The molecule has 10 heavy (non-hydrogen) atoms. The van der Waals surface area contributed by atoms with Gasteiger partial charge in [0.15, 0.2) is 0 Å². The second kappa shape index (κ2) is 4.94. The Morgan fingerprint density at radius 2 is 1.90 bits per heavy atom. The molecule has 0 aromatic carbocycles. The molecule has 1 rings (SSSR count). The fraction of sp³-hybridized carbons (Fsp3) is 0.571. The maximum absolute atomic E-state index is 10.7. The average Bonchev–Trinajstić information content (AvgIpc) is 1.93. The van der Waals surface area contributed by atoms with Crippen molar-refractivity contribution in [2.24, 2.45) is 0 Å². The molecule has 1 N–H and O–H groups in total. The van der Waals surface area contributed by atoms with Crippen LogP contribution in [0.5, 0.6) is 0 Å². The fourth-order valence-electron chi connectivity index (χ4n) is 0.905. The van der Waals surface area contributed by atoms with Gasteiger partial charge in [0.1, 0.15) is 0 Å². The van der Waals surface area contributed by atoms with Crippen molar-refractivity contribution in [3.05, 3.63) is 12.3 Å². The Morgan fingerprint density at radius 3 is 2.60 bits per heavy atom. The molecule has 1 aliphatic rings. The summed E-state index contributed by atoms with van der Waals surface area (Å²) in [4.78, 5) is 10.7. The van der Waals surface area contributed by atoms with E-state index >= 15 is 0 Å². The van der Waals surface area contributed by atoms with E-state index in [-0.39, 0.29) is 35.5 Å². The Kier molecular flexibility index (Phi) is 5.04. The van der Waals surface area contributed by atoms with E-state index in [1.165, 1.54) is 0 Å². The van der Waals surface area contributed by atoms with Crippen molar-refractivity contribution in [1.29, 1.82) is 0 Å². The van der Waals surface area contributed by atoms with Gasteiger partial charge in [-0.05, 0) is 12.8 Å². The molecule has 0 atom stereocenters. The summed E-state index contributed by atoms with van der Waals surface area (Å²) in [5.41, 5.74) is 0.623. The first-order valence-corrected chi connectivity index (χ1v) is 3.20. The summed E-state index contributed by atoms with van der Waals surface area (Å²) in [6.45, 7) is 5.41. The summed E-state index contributed by atoms with van der Waals surface area (Å²) in [5, 5.41) is 2.60. The van der Waals surface area contributed by atoms with Gasteiger partial charge in [-0.25, -0.2) is 0 Å². The second-order valence-electron chi connectivity index (χ2n) is 2.28. The Morgan fingerprint density at radius 1 is 1.30 bits per heavy atom. The van der Waals surface area contributed by atoms with Gasteiger partial charge in [0.25, 0.3) is 0 Å². The van der Waals surface area contributed by atoms with Crippen LogP contribution in [-0.4, -0.2) is 5.91 Å². The molecule has 0 radical (unpaired) electrons. The van der Waals surface area contributed by atoms with Gasteiger partial charge >= 0.3 is 29.6 Å². The molecule has 0 aliphatic carbocycles. The number of amides is 1. The third kappa shape index (κ3) is 3.40. The van der Waals surface area contributed by atoms with Gasteiger partial charge in [-0.3, -0.25) is 4.79 Å². The zero-order valence-electron chi connectivity index (χ0n) is 6.31. The molecule has 1 fully saturated rings. The van der Waals surface area contributed by atoms with Crippen molar-refractivity contribution < 1.29 is 34.4 Å². The molecule has 1 amide bonds. The van der Waals surface area contributed by atoms with Crippen molar-refractivity contribution in [3.63, 3.8) is 0 Å². The number of carbonyl (C=O) groups excluding carboxylic acids is 1. The third-order valence-corrected chi connectivity index (χ3v) is 1.40. The molecule has 0 unspecified atom stereocenters. The van der Waals surface area contributed by atoms with Crippen LogP contribution in [-0.2, 0) is 4.79 Å². The smallest absolute Gasteiger partial charge is 0.493 e. The molecule has 1 saturated heterocycles. The fourth-order valence-corrected chi connectivity index (χ4v) is 0.905. The zero-order valence-corrected chi connectivity index (χ0v) is 8.31. The minimum atomic E-state index is 0. The molecule has 50 valence electrons. The van der Waals surface area contributed by atoms with E-state index in [2.05, 4.69) is 5.32 Å². The van der Waals surface area contributed by atoms with E-state index in [0.717, 1.165) is 19.3 Å². The van der Waals surface area contributed by atoms with Crippen LogP contribution >= 0.6 is 0 Å². The Balaban J connectivity index is 0.000000810. The Bertz CT molecular complexity index is 129. The molecular weight excluding hydrogens is 137 g/mol. The van der Waals surface area contributed by atoms with E-state index in [0.29, 0.717) is 12.1 Å². The summed E-state index contributed by atoms with van der Waals surface area (Å²) in [7, 11) is 0. The number of allylic oxidation sites excluding steroid dienone is 1. The van der Waals surface area contributed by atoms with E-state index < -0.39 is 0 Å². The quantitative estimate of drug-likeness (QED) is 0.311. The maximum atomic E-state index is 10.7. The van der Waals surface area contributed by atoms with Crippen LogP contribution in [0, 0.1) is 6.58 Å². The number of rotatable bonds is 0. The van der Waals surface area contributed by atoms with Gasteiger partial charge < -0.3 is 11.9 Å². The number of carbonyl (C=O) groups is 1. The van der Waals surface area contributed by atoms with Crippen LogP contribution < -0.4 is 34.9 Å². The number of hydrogen-bond acceptors (Lipinski definition) is 1. The largest absolute Gasteiger partial charge is 1.00 e. The monoisotopic (exact) mass is 147 g/mol. The van der Waals surface area contributed by atoms with Gasteiger partial charge in [0, 0.05) is 6.42 Å². The first-order valence-electron chi connectivity index (χ1n) is 3.20. The Labute approximate surface area is 83.4 Å². The molecule has 0 spiro atoms. The van der Waals surface area contributed by atoms with E-state index in [1.807, 2.05) is 0 Å². The standard InChI is InChI=1S/C7H10NO.Na/c1-6-4-2-3-5-7(9)8-6;/h1H,2-5H2,(H,8,9);/q-1;+1. The molecule has 0 aromatic heterocycles. The normalized spacial score (nSPS) is 18.8. The van der Waals surface area contributed by atoms with Crippen LogP contribution in [0.25, 0.3) is 0 Å². The SMILES string of the molecule is [CH-]=C1CCCCC(=O)N1.[Na+]. The number of hydrogen-bond donors (Lipinski definition) is 1. The summed E-state index contributed by atoms with van der Waals surface area (Å²) in [6, 6.07) is 0. The molecule has 0 saturated carbocycles. The summed E-state index contributed by atoms with van der Waals surface area (Å²) in [5.74, 6) is 0.0602. The van der Waals surface area contributed by atoms with Crippen molar-refractivity contribution in [2.75, 3.05) is 0 Å². The van der Waals surface area contributed by atoms with Crippen LogP contribution in [0.2, 0.25) is 0 Å². The van der Waals surface area contributed by atoms with Crippen LogP contribution in [0.1, 0.15) is 25.7 Å². The average molecular weight is 147 g/mol. The van der Waals surface area contributed by atoms with Gasteiger partial charge in [0.05, 0.1) is 0 Å². The second-order valence-corrected chi connectivity index (χ2v) is 2.28. The Hall–Kier alpha value is 0.210. The summed E-state index contributed by atoms with van der Waals surface area (Å²) >= 11 is 0. The molecule has 2 nitrogen and oxygen atoms in total. The van der Waals surface area contributed by atoms with Crippen molar-refractivity contribution in [3.8, 4) is 0 Å². The topological polar surface area (TPSA) is 29.1 Å². The molecule has 1 heterocycles. The third-order valence-electron chi connectivity index (χ3n) is 1.40. The van der Waals surface area contributed by atoms with E-state index in [9.17, 15) is 4.79 Å². The first kappa shape index (κ1) is 10.2. The predicted octanol–water partition coefficient (Wildman–Crippen LogP) is -2.00. The van der Waals surface area contributed by atoms with Gasteiger partial charge in [-0.2, -0.15) is 5.70 Å². The van der Waals surface area contributed by atoms with Crippen LogP contribution in [0.15, 0.2) is 5.70 Å². The van der Waals surface area contributed by atoms with E-state index in [1.54, 1.807) is 0 Å². The predicted molar refractivity (Wildman–Crippen MR) is 34.4 cm³/mol. The van der Waals surface area contributed by atoms with E-state index in [4.69, 9.17) is 6.58 Å². The van der Waals surface area contributed by atoms with Crippen LogP contribution in [0.4, 0.5) is 0 Å². The zero-order chi connectivity index (χ0) is 6.69. The van der Waals surface area contributed by atoms with Crippen LogP contribution in [0.3, 0.4) is 0 Å². The van der Waals surface area contributed by atoms with Gasteiger partial charge in [0.2, 0.25) is 5.91 Å². The van der Waals surface area contributed by atoms with Gasteiger partial charge in [-0.15, -0.1) is 0 Å². The van der Waals surface area contributed by atoms with Crippen molar-refractivity contribution >= 4 is 5.91 Å². The van der Waals surface area contributed by atoms with Crippen molar-refractivity contribution in [2.45, 2.75) is 25.7 Å². The minimum absolute atomic E-state index is 0. The minimum Gasteiger partial charge on any atom is -0.493 e. The number of nitrogens with one attached hydrogen (secondary N) is 1.